The number of hydrogen-bond acceptors (Lipinski definition) is 4. The van der Waals surface area contributed by atoms with Crippen molar-refractivity contribution in [2.24, 2.45) is 11.3 Å². The Labute approximate surface area is 141 Å². The van der Waals surface area contributed by atoms with E-state index in [9.17, 15) is 14.8 Å². The quantitative estimate of drug-likeness (QED) is 0.734. The summed E-state index contributed by atoms with van der Waals surface area (Å²) in [6.07, 6.45) is 7.57. The Hall–Kier alpha value is -1.79. The number of furan rings is 1. The van der Waals surface area contributed by atoms with Crippen LogP contribution < -0.4 is 5.32 Å². The lowest BCUT2D eigenvalue weighted by atomic mass is 9.75. The summed E-state index contributed by atoms with van der Waals surface area (Å²) in [5, 5.41) is 23.2. The third kappa shape index (κ3) is 2.74. The first-order valence-corrected chi connectivity index (χ1v) is 8.71. The second kappa shape index (κ2) is 5.94. The minimum absolute atomic E-state index is 0.0391. The molecule has 0 saturated heterocycles. The van der Waals surface area contributed by atoms with Gasteiger partial charge in [0.15, 0.2) is 0 Å². The highest BCUT2D eigenvalue weighted by molar-refractivity contribution is 6.43. The monoisotopic (exact) mass is 327 g/mol. The second-order valence-electron chi connectivity index (χ2n) is 7.32. The fourth-order valence-corrected chi connectivity index (χ4v) is 4.29. The third-order valence-electron chi connectivity index (χ3n) is 5.79. The molecule has 0 bridgehead atoms. The van der Waals surface area contributed by atoms with Gasteiger partial charge in [-0.2, -0.15) is 0 Å². The highest BCUT2D eigenvalue weighted by Gasteiger charge is 2.58. The summed E-state index contributed by atoms with van der Waals surface area (Å²) >= 11 is 0. The molecule has 3 N–H and O–H groups in total. The van der Waals surface area contributed by atoms with E-state index >= 15 is 0 Å². The van der Waals surface area contributed by atoms with Gasteiger partial charge in [-0.15, -0.1) is 0 Å². The van der Waals surface area contributed by atoms with E-state index in [2.05, 4.69) is 5.32 Å². The molecule has 4 rings (SSSR count). The van der Waals surface area contributed by atoms with Crippen LogP contribution in [0.1, 0.15) is 37.7 Å². The van der Waals surface area contributed by atoms with Gasteiger partial charge in [-0.05, 0) is 42.7 Å². The maximum absolute atomic E-state index is 12.5. The summed E-state index contributed by atoms with van der Waals surface area (Å²) in [7, 11) is -1.60. The van der Waals surface area contributed by atoms with E-state index < -0.39 is 13.1 Å². The van der Waals surface area contributed by atoms with Gasteiger partial charge in [0.25, 0.3) is 0 Å². The van der Waals surface area contributed by atoms with Crippen molar-refractivity contribution in [1.82, 2.24) is 5.32 Å². The van der Waals surface area contributed by atoms with E-state index in [1.165, 1.54) is 12.8 Å². The minimum Gasteiger partial charge on any atom is -0.464 e. The van der Waals surface area contributed by atoms with Crippen LogP contribution in [-0.2, 0) is 11.2 Å². The predicted molar refractivity (Wildman–Crippen MR) is 91.0 cm³/mol. The topological polar surface area (TPSA) is 82.7 Å². The summed E-state index contributed by atoms with van der Waals surface area (Å²) in [6, 6.07) is 7.61. The van der Waals surface area contributed by atoms with Crippen LogP contribution in [0.15, 0.2) is 34.9 Å². The van der Waals surface area contributed by atoms with Gasteiger partial charge in [-0.25, -0.2) is 0 Å². The smallest absolute Gasteiger partial charge is 0.464 e. The van der Waals surface area contributed by atoms with Crippen LogP contribution in [0.25, 0.3) is 11.0 Å². The van der Waals surface area contributed by atoms with Gasteiger partial charge in [-0.1, -0.05) is 31.0 Å². The molecule has 1 aromatic heterocycles. The molecule has 1 heterocycles. The molecule has 1 spiro atoms. The Kier molecular flexibility index (Phi) is 3.89. The number of benzene rings is 1. The highest BCUT2D eigenvalue weighted by Crippen LogP contribution is 2.62. The Morgan fingerprint density at radius 1 is 1.33 bits per heavy atom. The van der Waals surface area contributed by atoms with Crippen molar-refractivity contribution < 1.29 is 19.3 Å². The summed E-state index contributed by atoms with van der Waals surface area (Å²) in [4.78, 5) is 12.5. The zero-order valence-corrected chi connectivity index (χ0v) is 13.6. The largest absolute Gasteiger partial charge is 0.475 e. The maximum atomic E-state index is 12.5. The maximum Gasteiger partial charge on any atom is 0.475 e. The van der Waals surface area contributed by atoms with E-state index in [4.69, 9.17) is 4.42 Å². The number of hydrogen-bond donors (Lipinski definition) is 3. The van der Waals surface area contributed by atoms with Crippen LogP contribution >= 0.6 is 0 Å². The lowest BCUT2D eigenvalue weighted by Gasteiger charge is -2.18. The molecular weight excluding hydrogens is 305 g/mol. The molecule has 1 amide bonds. The van der Waals surface area contributed by atoms with Crippen LogP contribution in [0.2, 0.25) is 0 Å². The molecule has 1 unspecified atom stereocenters. The van der Waals surface area contributed by atoms with E-state index in [0.717, 1.165) is 35.8 Å². The molecular formula is C18H22BNO4. The van der Waals surface area contributed by atoms with Crippen molar-refractivity contribution in [2.45, 2.75) is 44.5 Å². The van der Waals surface area contributed by atoms with Crippen LogP contribution in [0.3, 0.4) is 0 Å². The van der Waals surface area contributed by atoms with Crippen molar-refractivity contribution in [3.05, 3.63) is 36.1 Å². The second-order valence-corrected chi connectivity index (χ2v) is 7.32. The Bertz CT molecular complexity index is 750. The SMILES string of the molecule is O=C(N[C@@H](Cc1coc2ccccc12)B(O)O)C1CC12CCCC2. The van der Waals surface area contributed by atoms with Crippen molar-refractivity contribution in [3.63, 3.8) is 0 Å². The molecule has 126 valence electrons. The van der Waals surface area contributed by atoms with Crippen molar-refractivity contribution in [1.29, 1.82) is 0 Å². The van der Waals surface area contributed by atoms with Gasteiger partial charge >= 0.3 is 7.12 Å². The zero-order chi connectivity index (χ0) is 16.7. The summed E-state index contributed by atoms with van der Waals surface area (Å²) in [5.41, 5.74) is 1.84. The first kappa shape index (κ1) is 15.7. The summed E-state index contributed by atoms with van der Waals surface area (Å²) < 4.78 is 5.49. The molecule has 5 nitrogen and oxygen atoms in total. The molecule has 2 aliphatic rings. The summed E-state index contributed by atoms with van der Waals surface area (Å²) in [5.74, 6) is -0.720. The molecule has 6 heteroatoms. The summed E-state index contributed by atoms with van der Waals surface area (Å²) in [6.45, 7) is 0. The number of carbonyl (C=O) groups is 1. The van der Waals surface area contributed by atoms with Gasteiger partial charge < -0.3 is 19.8 Å². The van der Waals surface area contributed by atoms with Crippen molar-refractivity contribution in [3.8, 4) is 0 Å². The molecule has 2 atom stereocenters. The molecule has 0 radical (unpaired) electrons. The number of rotatable bonds is 5. The lowest BCUT2D eigenvalue weighted by Crippen LogP contribution is -2.48. The molecule has 1 aromatic carbocycles. The average molecular weight is 327 g/mol. The predicted octanol–water partition coefficient (Wildman–Crippen LogP) is 2.05. The van der Waals surface area contributed by atoms with Crippen molar-refractivity contribution in [2.75, 3.05) is 0 Å². The molecule has 2 saturated carbocycles. The number of para-hydroxylation sites is 1. The normalized spacial score (nSPS) is 22.7. The minimum atomic E-state index is -1.60. The van der Waals surface area contributed by atoms with Crippen LogP contribution in [0.5, 0.6) is 0 Å². The molecule has 2 aliphatic carbocycles. The van der Waals surface area contributed by atoms with Gasteiger partial charge in [0.1, 0.15) is 5.58 Å². The molecule has 2 aromatic rings. The van der Waals surface area contributed by atoms with Crippen LogP contribution in [0, 0.1) is 11.3 Å². The van der Waals surface area contributed by atoms with Gasteiger partial charge in [0, 0.05) is 11.3 Å². The molecule has 24 heavy (non-hydrogen) atoms. The van der Waals surface area contributed by atoms with Gasteiger partial charge in [0.2, 0.25) is 5.91 Å². The van der Waals surface area contributed by atoms with E-state index in [-0.39, 0.29) is 17.2 Å². The van der Waals surface area contributed by atoms with Gasteiger partial charge in [0.05, 0.1) is 12.2 Å². The average Bonchev–Trinajstić information content (AvgIpc) is 2.90. The van der Waals surface area contributed by atoms with E-state index in [1.54, 1.807) is 6.26 Å². The van der Waals surface area contributed by atoms with Crippen LogP contribution in [-0.4, -0.2) is 29.0 Å². The van der Waals surface area contributed by atoms with Crippen LogP contribution in [0.4, 0.5) is 0 Å². The Morgan fingerprint density at radius 3 is 2.83 bits per heavy atom. The molecule has 2 fully saturated rings. The fraction of sp³-hybridized carbons (Fsp3) is 0.500. The highest BCUT2D eigenvalue weighted by atomic mass is 16.4. The Balaban J connectivity index is 1.46. The number of carbonyl (C=O) groups excluding carboxylic acids is 1. The number of amides is 1. The fourth-order valence-electron chi connectivity index (χ4n) is 4.29. The first-order valence-electron chi connectivity index (χ1n) is 8.71. The van der Waals surface area contributed by atoms with E-state index in [1.807, 2.05) is 24.3 Å². The number of nitrogens with one attached hydrogen (secondary N) is 1. The van der Waals surface area contributed by atoms with Gasteiger partial charge in [-0.3, -0.25) is 4.79 Å². The van der Waals surface area contributed by atoms with Crippen molar-refractivity contribution >= 4 is 24.0 Å². The standard InChI is InChI=1S/C18H22BNO4/c21-17(14-10-18(14)7-3-4-8-18)20-16(19(22)23)9-12-11-24-15-6-2-1-5-13(12)15/h1-2,5-6,11,14,16,22-23H,3-4,7-10H2,(H,20,21)/t14?,16-/m0/s1. The third-order valence-corrected chi connectivity index (χ3v) is 5.79. The number of fused-ring (bicyclic) bond motifs is 1. The first-order chi connectivity index (χ1) is 11.6. The lowest BCUT2D eigenvalue weighted by molar-refractivity contribution is -0.123. The zero-order valence-electron chi connectivity index (χ0n) is 13.6. The molecule has 0 aliphatic heterocycles. The Morgan fingerprint density at radius 2 is 2.08 bits per heavy atom. The van der Waals surface area contributed by atoms with E-state index in [0.29, 0.717) is 6.42 Å².